The molecule has 2 aromatic rings. The highest BCUT2D eigenvalue weighted by Crippen LogP contribution is 2.35. The summed E-state index contributed by atoms with van der Waals surface area (Å²) in [6.07, 6.45) is 2.41. The van der Waals surface area contributed by atoms with E-state index in [1.54, 1.807) is 25.1 Å². The SMILES string of the molecule is Cc1ccc(C2OCCC2=Cc2ccc(S(N)(=O)=O)cc2)cc1F. The first-order chi connectivity index (χ1) is 11.3. The summed E-state index contributed by atoms with van der Waals surface area (Å²) in [5.74, 6) is -0.250. The fourth-order valence-corrected chi connectivity index (χ4v) is 3.25. The normalized spacial score (nSPS) is 19.8. The maximum Gasteiger partial charge on any atom is 0.238 e. The first-order valence-electron chi connectivity index (χ1n) is 7.55. The smallest absolute Gasteiger partial charge is 0.238 e. The molecule has 126 valence electrons. The van der Waals surface area contributed by atoms with Crippen LogP contribution in [0.5, 0.6) is 0 Å². The van der Waals surface area contributed by atoms with Crippen molar-refractivity contribution in [2.45, 2.75) is 24.3 Å². The molecule has 1 aliphatic rings. The first kappa shape index (κ1) is 16.8. The Morgan fingerprint density at radius 1 is 1.21 bits per heavy atom. The van der Waals surface area contributed by atoms with E-state index in [-0.39, 0.29) is 16.8 Å². The molecule has 3 rings (SSSR count). The highest BCUT2D eigenvalue weighted by Gasteiger charge is 2.24. The molecule has 2 N–H and O–H groups in total. The number of ether oxygens (including phenoxy) is 1. The van der Waals surface area contributed by atoms with Gasteiger partial charge in [0.25, 0.3) is 0 Å². The fourth-order valence-electron chi connectivity index (χ4n) is 2.73. The topological polar surface area (TPSA) is 69.4 Å². The third kappa shape index (κ3) is 3.56. The number of rotatable bonds is 3. The van der Waals surface area contributed by atoms with Gasteiger partial charge >= 0.3 is 0 Å². The van der Waals surface area contributed by atoms with Crippen molar-refractivity contribution in [1.29, 1.82) is 0 Å². The second-order valence-electron chi connectivity index (χ2n) is 5.84. The Morgan fingerprint density at radius 2 is 1.92 bits per heavy atom. The van der Waals surface area contributed by atoms with Gasteiger partial charge in [-0.25, -0.2) is 17.9 Å². The lowest BCUT2D eigenvalue weighted by molar-refractivity contribution is 0.125. The summed E-state index contributed by atoms with van der Waals surface area (Å²) in [5, 5.41) is 5.10. The van der Waals surface area contributed by atoms with Crippen LogP contribution in [0, 0.1) is 12.7 Å². The number of nitrogens with two attached hydrogens (primary N) is 1. The summed E-state index contributed by atoms with van der Waals surface area (Å²) in [4.78, 5) is 0.0736. The van der Waals surface area contributed by atoms with Gasteiger partial charge in [0, 0.05) is 0 Å². The third-order valence-corrected chi connectivity index (χ3v) is 5.00. The van der Waals surface area contributed by atoms with Gasteiger partial charge in [0.15, 0.2) is 0 Å². The van der Waals surface area contributed by atoms with Crippen molar-refractivity contribution < 1.29 is 17.5 Å². The molecule has 1 aliphatic heterocycles. The van der Waals surface area contributed by atoms with E-state index in [0.717, 1.165) is 23.1 Å². The van der Waals surface area contributed by atoms with Crippen molar-refractivity contribution in [3.8, 4) is 0 Å². The molecule has 24 heavy (non-hydrogen) atoms. The average Bonchev–Trinajstić information content (AvgIpc) is 2.98. The number of hydrogen-bond acceptors (Lipinski definition) is 3. The highest BCUT2D eigenvalue weighted by atomic mass is 32.2. The Kier molecular flexibility index (Phi) is 4.54. The van der Waals surface area contributed by atoms with E-state index in [2.05, 4.69) is 0 Å². The highest BCUT2D eigenvalue weighted by molar-refractivity contribution is 7.89. The minimum absolute atomic E-state index is 0.0736. The summed E-state index contributed by atoms with van der Waals surface area (Å²) >= 11 is 0. The number of hydrogen-bond donors (Lipinski definition) is 1. The second-order valence-corrected chi connectivity index (χ2v) is 7.40. The fraction of sp³-hybridized carbons (Fsp3) is 0.222. The van der Waals surface area contributed by atoms with Crippen LogP contribution >= 0.6 is 0 Å². The van der Waals surface area contributed by atoms with E-state index in [4.69, 9.17) is 9.88 Å². The van der Waals surface area contributed by atoms with Crippen molar-refractivity contribution in [3.05, 3.63) is 70.5 Å². The zero-order chi connectivity index (χ0) is 17.3. The van der Waals surface area contributed by atoms with Crippen LogP contribution in [0.1, 0.15) is 29.2 Å². The van der Waals surface area contributed by atoms with Gasteiger partial charge in [0.05, 0.1) is 11.5 Å². The molecule has 0 bridgehead atoms. The van der Waals surface area contributed by atoms with Crippen molar-refractivity contribution in [2.75, 3.05) is 6.61 Å². The Hall–Kier alpha value is -2.02. The number of primary sulfonamides is 1. The summed E-state index contributed by atoms with van der Waals surface area (Å²) in [7, 11) is -3.70. The van der Waals surface area contributed by atoms with Gasteiger partial charge < -0.3 is 4.74 Å². The van der Waals surface area contributed by atoms with Gasteiger partial charge in [0.1, 0.15) is 11.9 Å². The van der Waals surface area contributed by atoms with Gasteiger partial charge in [-0.05, 0) is 53.8 Å². The maximum atomic E-state index is 13.8. The molecule has 0 amide bonds. The molecule has 4 nitrogen and oxygen atoms in total. The lowest BCUT2D eigenvalue weighted by atomic mass is 9.98. The molecule has 1 fully saturated rings. The van der Waals surface area contributed by atoms with Crippen LogP contribution < -0.4 is 5.14 Å². The Balaban J connectivity index is 1.89. The molecular weight excluding hydrogens is 329 g/mol. The molecule has 0 aromatic heterocycles. The predicted octanol–water partition coefficient (Wildman–Crippen LogP) is 3.33. The molecule has 0 aliphatic carbocycles. The number of halogens is 1. The molecule has 1 atom stereocenters. The van der Waals surface area contributed by atoms with Crippen LogP contribution in [0.25, 0.3) is 6.08 Å². The minimum Gasteiger partial charge on any atom is -0.369 e. The van der Waals surface area contributed by atoms with Crippen molar-refractivity contribution in [2.24, 2.45) is 5.14 Å². The van der Waals surface area contributed by atoms with Crippen LogP contribution in [0.4, 0.5) is 4.39 Å². The van der Waals surface area contributed by atoms with Crippen LogP contribution in [-0.4, -0.2) is 15.0 Å². The molecule has 6 heteroatoms. The number of aryl methyl sites for hydroxylation is 1. The zero-order valence-corrected chi connectivity index (χ0v) is 14.0. The Labute approximate surface area is 140 Å². The Morgan fingerprint density at radius 3 is 2.54 bits per heavy atom. The van der Waals surface area contributed by atoms with Gasteiger partial charge in [-0.2, -0.15) is 0 Å². The molecule has 0 radical (unpaired) electrons. The van der Waals surface area contributed by atoms with E-state index in [1.807, 2.05) is 12.1 Å². The Bertz CT molecular complexity index is 889. The lowest BCUT2D eigenvalue weighted by Gasteiger charge is -2.13. The van der Waals surface area contributed by atoms with Crippen molar-refractivity contribution in [1.82, 2.24) is 0 Å². The van der Waals surface area contributed by atoms with Gasteiger partial charge in [-0.15, -0.1) is 0 Å². The maximum absolute atomic E-state index is 13.8. The third-order valence-electron chi connectivity index (χ3n) is 4.07. The second kappa shape index (κ2) is 6.47. The van der Waals surface area contributed by atoms with E-state index < -0.39 is 10.0 Å². The number of benzene rings is 2. The molecule has 0 saturated carbocycles. The van der Waals surface area contributed by atoms with Crippen LogP contribution in [-0.2, 0) is 14.8 Å². The van der Waals surface area contributed by atoms with Crippen LogP contribution in [0.3, 0.4) is 0 Å². The standard InChI is InChI=1S/C18H18FNO3S/c1-12-2-5-14(11-17(12)19)18-15(8-9-23-18)10-13-3-6-16(7-4-13)24(20,21)22/h2-7,10-11,18H,8-9H2,1H3,(H2,20,21,22). The summed E-state index contributed by atoms with van der Waals surface area (Å²) in [6, 6.07) is 11.4. The largest absolute Gasteiger partial charge is 0.369 e. The van der Waals surface area contributed by atoms with Gasteiger partial charge in [-0.1, -0.05) is 30.3 Å². The van der Waals surface area contributed by atoms with Crippen molar-refractivity contribution >= 4 is 16.1 Å². The van der Waals surface area contributed by atoms with E-state index in [1.165, 1.54) is 18.2 Å². The van der Waals surface area contributed by atoms with E-state index >= 15 is 0 Å². The average molecular weight is 347 g/mol. The first-order valence-corrected chi connectivity index (χ1v) is 9.10. The van der Waals surface area contributed by atoms with Crippen LogP contribution in [0.15, 0.2) is 52.9 Å². The molecule has 0 spiro atoms. The monoisotopic (exact) mass is 347 g/mol. The molecule has 1 heterocycles. The summed E-state index contributed by atoms with van der Waals surface area (Å²) in [5.41, 5.74) is 3.26. The zero-order valence-electron chi connectivity index (χ0n) is 13.2. The van der Waals surface area contributed by atoms with Crippen LogP contribution in [0.2, 0.25) is 0 Å². The van der Waals surface area contributed by atoms with Gasteiger partial charge in [0.2, 0.25) is 10.0 Å². The van der Waals surface area contributed by atoms with E-state index in [0.29, 0.717) is 12.2 Å². The minimum atomic E-state index is -3.70. The number of sulfonamides is 1. The molecule has 1 saturated heterocycles. The van der Waals surface area contributed by atoms with Crippen molar-refractivity contribution in [3.63, 3.8) is 0 Å². The predicted molar refractivity (Wildman–Crippen MR) is 90.2 cm³/mol. The quantitative estimate of drug-likeness (QED) is 0.926. The molecule has 2 aromatic carbocycles. The molecular formula is C18H18FNO3S. The van der Waals surface area contributed by atoms with Gasteiger partial charge in [-0.3, -0.25) is 0 Å². The lowest BCUT2D eigenvalue weighted by Crippen LogP contribution is -2.11. The molecule has 1 unspecified atom stereocenters. The summed E-state index contributed by atoms with van der Waals surface area (Å²) < 4.78 is 42.1. The van der Waals surface area contributed by atoms with E-state index in [9.17, 15) is 12.8 Å². The summed E-state index contributed by atoms with van der Waals surface area (Å²) in [6.45, 7) is 2.29.